The van der Waals surface area contributed by atoms with Gasteiger partial charge in [-0.3, -0.25) is 9.97 Å². The zero-order valence-electron chi connectivity index (χ0n) is 29.7. The third-order valence-electron chi connectivity index (χ3n) is 9.92. The van der Waals surface area contributed by atoms with Gasteiger partial charge in [-0.05, 0) is 77.9 Å². The summed E-state index contributed by atoms with van der Waals surface area (Å²) in [5, 5.41) is 2.45. The summed E-state index contributed by atoms with van der Waals surface area (Å²) in [5.74, 6) is 0.648. The highest BCUT2D eigenvalue weighted by molar-refractivity contribution is 6.09. The number of pyridine rings is 3. The molecule has 258 valence electrons. The van der Waals surface area contributed by atoms with E-state index in [0.29, 0.717) is 5.82 Å². The topological polar surface area (TPSA) is 69.4 Å². The SMILES string of the molecule is c1ccc(-c2cc(-c3ccccn3)nc(-c3cc(-c4cc(-c5cccc(-n6c7ccccc7c7ccccc76)c5)nc(-c5ccccc5)n4)ccn3)c2)cc1. The summed E-state index contributed by atoms with van der Waals surface area (Å²) in [6.07, 6.45) is 3.62. The van der Waals surface area contributed by atoms with Crippen LogP contribution in [0.5, 0.6) is 0 Å². The Bertz CT molecular complexity index is 2860. The molecule has 10 aromatic rings. The fourth-order valence-corrected chi connectivity index (χ4v) is 7.30. The fourth-order valence-electron chi connectivity index (χ4n) is 7.30. The number of fused-ring (bicyclic) bond motifs is 3. The van der Waals surface area contributed by atoms with E-state index in [1.54, 1.807) is 6.20 Å². The molecule has 0 aliphatic heterocycles. The number of benzene rings is 5. The molecule has 0 aliphatic carbocycles. The normalized spacial score (nSPS) is 11.3. The van der Waals surface area contributed by atoms with Gasteiger partial charge in [0.05, 0.1) is 45.2 Å². The maximum Gasteiger partial charge on any atom is 0.160 e. The lowest BCUT2D eigenvalue weighted by molar-refractivity contribution is 1.16. The average molecular weight is 705 g/mol. The molecule has 0 saturated carbocycles. The van der Waals surface area contributed by atoms with Crippen LogP contribution >= 0.6 is 0 Å². The Morgan fingerprint density at radius 2 is 0.873 bits per heavy atom. The molecule has 0 unspecified atom stereocenters. The number of aromatic nitrogens is 6. The van der Waals surface area contributed by atoms with E-state index < -0.39 is 0 Å². The molecule has 0 atom stereocenters. The van der Waals surface area contributed by atoms with Gasteiger partial charge in [-0.25, -0.2) is 15.0 Å². The van der Waals surface area contributed by atoms with E-state index >= 15 is 0 Å². The van der Waals surface area contributed by atoms with E-state index in [2.05, 4.69) is 119 Å². The number of nitrogens with zero attached hydrogens (tertiary/aromatic N) is 6. The maximum atomic E-state index is 5.16. The van der Waals surface area contributed by atoms with E-state index in [9.17, 15) is 0 Å². The predicted octanol–water partition coefficient (Wildman–Crippen LogP) is 11.8. The van der Waals surface area contributed by atoms with Gasteiger partial charge in [-0.1, -0.05) is 115 Å². The van der Waals surface area contributed by atoms with Gasteiger partial charge in [-0.2, -0.15) is 0 Å². The van der Waals surface area contributed by atoms with Gasteiger partial charge in [0.15, 0.2) is 5.82 Å². The molecule has 5 aromatic carbocycles. The van der Waals surface area contributed by atoms with Crippen molar-refractivity contribution in [2.75, 3.05) is 0 Å². The summed E-state index contributed by atoms with van der Waals surface area (Å²) in [4.78, 5) is 24.8. The molecule has 5 heterocycles. The molecular formula is C49H32N6. The molecule has 0 saturated heterocycles. The predicted molar refractivity (Wildman–Crippen MR) is 222 cm³/mol. The zero-order chi connectivity index (χ0) is 36.6. The molecule has 10 rings (SSSR count). The van der Waals surface area contributed by atoms with Gasteiger partial charge in [0.25, 0.3) is 0 Å². The van der Waals surface area contributed by atoms with Crippen molar-refractivity contribution in [2.45, 2.75) is 0 Å². The van der Waals surface area contributed by atoms with Gasteiger partial charge in [0.1, 0.15) is 0 Å². The Balaban J connectivity index is 1.11. The van der Waals surface area contributed by atoms with Gasteiger partial charge >= 0.3 is 0 Å². The lowest BCUT2D eigenvalue weighted by atomic mass is 10.0. The molecule has 6 nitrogen and oxygen atoms in total. The number of rotatable bonds is 7. The van der Waals surface area contributed by atoms with Gasteiger partial charge in [0, 0.05) is 45.5 Å². The molecular weight excluding hydrogens is 673 g/mol. The first kappa shape index (κ1) is 32.1. The van der Waals surface area contributed by atoms with Gasteiger partial charge < -0.3 is 4.57 Å². The van der Waals surface area contributed by atoms with E-state index in [1.165, 1.54) is 10.8 Å². The molecule has 0 fully saturated rings. The molecule has 5 aromatic heterocycles. The molecule has 0 N–H and O–H groups in total. The summed E-state index contributed by atoms with van der Waals surface area (Å²) in [6, 6.07) is 62.4. The smallest absolute Gasteiger partial charge is 0.160 e. The number of hydrogen-bond acceptors (Lipinski definition) is 5. The van der Waals surface area contributed by atoms with E-state index in [-0.39, 0.29) is 0 Å². The molecule has 0 amide bonds. The Hall–Kier alpha value is -7.57. The third-order valence-corrected chi connectivity index (χ3v) is 9.92. The molecule has 0 spiro atoms. The highest BCUT2D eigenvalue weighted by Gasteiger charge is 2.16. The van der Waals surface area contributed by atoms with Crippen molar-refractivity contribution >= 4 is 21.8 Å². The summed E-state index contributed by atoms with van der Waals surface area (Å²) in [6.45, 7) is 0. The summed E-state index contributed by atoms with van der Waals surface area (Å²) in [5.41, 5.74) is 13.1. The standard InChI is InChI=1S/C49H32N6/c1-3-14-33(15-4-1)37-30-45(41-22-11-12-26-50-41)52-46(31-37)44-29-36(25-27-51-44)43-32-42(53-49(54-43)34-16-5-2-6-17-34)35-18-13-19-38(28-35)55-47-23-9-7-20-39(47)40-21-8-10-24-48(40)55/h1-32H. The second-order valence-corrected chi connectivity index (χ2v) is 13.4. The van der Waals surface area contributed by atoms with Crippen LogP contribution in [-0.2, 0) is 0 Å². The van der Waals surface area contributed by atoms with Crippen LogP contribution in [0.25, 0.3) is 95.3 Å². The summed E-state index contributed by atoms with van der Waals surface area (Å²) < 4.78 is 2.33. The van der Waals surface area contributed by atoms with Crippen molar-refractivity contribution in [1.29, 1.82) is 0 Å². The molecule has 0 aliphatic rings. The van der Waals surface area contributed by atoms with Crippen LogP contribution in [-0.4, -0.2) is 29.5 Å². The lowest BCUT2D eigenvalue weighted by Gasteiger charge is -2.13. The minimum absolute atomic E-state index is 0.648. The third kappa shape index (κ3) is 6.11. The fraction of sp³-hybridized carbons (Fsp3) is 0. The first-order valence-corrected chi connectivity index (χ1v) is 18.2. The van der Waals surface area contributed by atoms with Crippen LogP contribution in [0.2, 0.25) is 0 Å². The summed E-state index contributed by atoms with van der Waals surface area (Å²) >= 11 is 0. The molecule has 0 radical (unpaired) electrons. The van der Waals surface area contributed by atoms with Gasteiger partial charge in [0.2, 0.25) is 0 Å². The maximum absolute atomic E-state index is 5.16. The minimum atomic E-state index is 0.648. The highest BCUT2D eigenvalue weighted by Crippen LogP contribution is 2.35. The van der Waals surface area contributed by atoms with Crippen LogP contribution < -0.4 is 0 Å². The number of para-hydroxylation sites is 2. The van der Waals surface area contributed by atoms with Crippen LogP contribution in [0, 0.1) is 0 Å². The van der Waals surface area contributed by atoms with Crippen molar-refractivity contribution in [3.05, 3.63) is 194 Å². The van der Waals surface area contributed by atoms with Crippen molar-refractivity contribution in [3.8, 4) is 73.5 Å². The quantitative estimate of drug-likeness (QED) is 0.165. The Morgan fingerprint density at radius 3 is 1.56 bits per heavy atom. The van der Waals surface area contributed by atoms with Crippen LogP contribution in [0.3, 0.4) is 0 Å². The number of hydrogen-bond donors (Lipinski definition) is 0. The van der Waals surface area contributed by atoms with Crippen molar-refractivity contribution in [2.24, 2.45) is 0 Å². The second kappa shape index (κ2) is 13.8. The van der Waals surface area contributed by atoms with E-state index in [0.717, 1.165) is 78.7 Å². The van der Waals surface area contributed by atoms with Gasteiger partial charge in [-0.15, -0.1) is 0 Å². The van der Waals surface area contributed by atoms with E-state index in [4.69, 9.17) is 19.9 Å². The van der Waals surface area contributed by atoms with Crippen LogP contribution in [0.4, 0.5) is 0 Å². The second-order valence-electron chi connectivity index (χ2n) is 13.4. The summed E-state index contributed by atoms with van der Waals surface area (Å²) in [7, 11) is 0. The lowest BCUT2D eigenvalue weighted by Crippen LogP contribution is -1.98. The molecule has 55 heavy (non-hydrogen) atoms. The first-order valence-electron chi connectivity index (χ1n) is 18.2. The highest BCUT2D eigenvalue weighted by atomic mass is 15.0. The van der Waals surface area contributed by atoms with Crippen molar-refractivity contribution in [3.63, 3.8) is 0 Å². The zero-order valence-corrected chi connectivity index (χ0v) is 29.7. The van der Waals surface area contributed by atoms with E-state index in [1.807, 2.05) is 79.0 Å². The Labute approximate surface area is 318 Å². The monoisotopic (exact) mass is 704 g/mol. The largest absolute Gasteiger partial charge is 0.309 e. The minimum Gasteiger partial charge on any atom is -0.309 e. The first-order chi connectivity index (χ1) is 27.2. The average Bonchev–Trinajstić information content (AvgIpc) is 3.61. The Morgan fingerprint density at radius 1 is 0.309 bits per heavy atom. The van der Waals surface area contributed by atoms with Crippen LogP contribution in [0.1, 0.15) is 0 Å². The van der Waals surface area contributed by atoms with Crippen molar-refractivity contribution < 1.29 is 0 Å². The molecule has 6 heteroatoms. The van der Waals surface area contributed by atoms with Crippen LogP contribution in [0.15, 0.2) is 194 Å². The molecule has 0 bridgehead atoms. The Kier molecular flexibility index (Phi) is 8.04. The van der Waals surface area contributed by atoms with Crippen molar-refractivity contribution in [1.82, 2.24) is 29.5 Å².